The lowest BCUT2D eigenvalue weighted by atomic mass is 9.84. The Bertz CT molecular complexity index is 455. The second kappa shape index (κ2) is 6.38. The molecule has 0 spiro atoms. The van der Waals surface area contributed by atoms with Gasteiger partial charge in [-0.3, -0.25) is 9.78 Å². The topological polar surface area (TPSA) is 42.0 Å². The lowest BCUT2D eigenvalue weighted by Gasteiger charge is -2.28. The molecule has 0 bridgehead atoms. The highest BCUT2D eigenvalue weighted by molar-refractivity contribution is 6.33. The highest BCUT2D eigenvalue weighted by Gasteiger charge is 2.22. The smallest absolute Gasteiger partial charge is 0.254 e. The molecule has 1 heterocycles. The van der Waals surface area contributed by atoms with Crippen LogP contribution in [-0.4, -0.2) is 16.9 Å². The molecule has 19 heavy (non-hydrogen) atoms. The van der Waals surface area contributed by atoms with Crippen LogP contribution in [-0.2, 0) is 0 Å². The predicted molar refractivity (Wildman–Crippen MR) is 77.5 cm³/mol. The zero-order chi connectivity index (χ0) is 13.8. The molecule has 1 aliphatic rings. The maximum atomic E-state index is 12.2. The molecule has 1 aromatic heterocycles. The highest BCUT2D eigenvalue weighted by atomic mass is 35.5. The molecule has 1 fully saturated rings. The van der Waals surface area contributed by atoms with Crippen LogP contribution in [0.4, 0.5) is 0 Å². The van der Waals surface area contributed by atoms with Crippen LogP contribution < -0.4 is 5.32 Å². The molecule has 0 aliphatic heterocycles. The number of hydrogen-bond donors (Lipinski definition) is 1. The minimum Gasteiger partial charge on any atom is -0.349 e. The Labute approximate surface area is 119 Å². The van der Waals surface area contributed by atoms with Gasteiger partial charge in [-0.15, -0.1) is 0 Å². The van der Waals surface area contributed by atoms with Gasteiger partial charge in [-0.2, -0.15) is 0 Å². The number of aryl methyl sites for hydroxylation is 1. The number of hydrogen-bond acceptors (Lipinski definition) is 2. The van der Waals surface area contributed by atoms with Crippen molar-refractivity contribution in [3.05, 3.63) is 28.5 Å². The molecule has 1 unspecified atom stereocenters. The fourth-order valence-corrected chi connectivity index (χ4v) is 3.02. The van der Waals surface area contributed by atoms with Gasteiger partial charge in [0.1, 0.15) is 0 Å². The first-order valence-electron chi connectivity index (χ1n) is 7.01. The second-order valence-electron chi connectivity index (χ2n) is 5.47. The Balaban J connectivity index is 1.99. The maximum absolute atomic E-state index is 12.2. The Morgan fingerprint density at radius 3 is 2.74 bits per heavy atom. The van der Waals surface area contributed by atoms with Crippen LogP contribution in [0.2, 0.25) is 5.02 Å². The number of carbonyl (C=O) groups is 1. The molecule has 0 saturated heterocycles. The Morgan fingerprint density at radius 1 is 1.42 bits per heavy atom. The summed E-state index contributed by atoms with van der Waals surface area (Å²) in [5.74, 6) is 0.477. The van der Waals surface area contributed by atoms with E-state index < -0.39 is 0 Å². The van der Waals surface area contributed by atoms with Crippen molar-refractivity contribution in [2.45, 2.75) is 52.0 Å². The summed E-state index contributed by atoms with van der Waals surface area (Å²) < 4.78 is 0. The number of aromatic nitrogens is 1. The molecule has 2 rings (SSSR count). The van der Waals surface area contributed by atoms with Gasteiger partial charge in [0.2, 0.25) is 0 Å². The molecule has 1 atom stereocenters. The lowest BCUT2D eigenvalue weighted by Crippen LogP contribution is -2.39. The molecule has 4 heteroatoms. The quantitative estimate of drug-likeness (QED) is 0.916. The minimum absolute atomic E-state index is 0.115. The number of rotatable bonds is 3. The molecule has 1 N–H and O–H groups in total. The minimum atomic E-state index is -0.115. The summed E-state index contributed by atoms with van der Waals surface area (Å²) in [6.07, 6.45) is 7.85. The zero-order valence-electron chi connectivity index (χ0n) is 11.6. The van der Waals surface area contributed by atoms with Crippen molar-refractivity contribution in [1.29, 1.82) is 0 Å². The summed E-state index contributed by atoms with van der Waals surface area (Å²) in [5.41, 5.74) is 1.29. The van der Waals surface area contributed by atoms with Gasteiger partial charge in [-0.25, -0.2) is 0 Å². The van der Waals surface area contributed by atoms with Crippen molar-refractivity contribution in [2.24, 2.45) is 5.92 Å². The van der Waals surface area contributed by atoms with E-state index in [0.717, 1.165) is 5.69 Å². The summed E-state index contributed by atoms with van der Waals surface area (Å²) in [6, 6.07) is 1.92. The molecular weight excluding hydrogens is 260 g/mol. The summed E-state index contributed by atoms with van der Waals surface area (Å²) in [4.78, 5) is 16.3. The van der Waals surface area contributed by atoms with Gasteiger partial charge in [0.25, 0.3) is 5.91 Å². The molecule has 0 aromatic carbocycles. The molecule has 0 radical (unpaired) electrons. The van der Waals surface area contributed by atoms with Gasteiger partial charge in [-0.1, -0.05) is 30.9 Å². The van der Waals surface area contributed by atoms with Crippen LogP contribution in [0.15, 0.2) is 12.3 Å². The molecular formula is C15H21ClN2O. The fraction of sp³-hybridized carbons (Fsp3) is 0.600. The standard InChI is InChI=1S/C15H21ClN2O/c1-10-8-14(16)13(9-17-10)15(19)18-11(2)12-6-4-3-5-7-12/h8-9,11-12H,3-7H2,1-2H3,(H,18,19). The summed E-state index contributed by atoms with van der Waals surface area (Å²) in [5, 5.41) is 3.54. The molecule has 104 valence electrons. The first-order valence-corrected chi connectivity index (χ1v) is 7.38. The van der Waals surface area contributed by atoms with E-state index in [1.807, 2.05) is 6.92 Å². The first kappa shape index (κ1) is 14.3. The molecule has 1 saturated carbocycles. The molecule has 1 aromatic rings. The number of pyridine rings is 1. The van der Waals surface area contributed by atoms with Crippen molar-refractivity contribution in [3.8, 4) is 0 Å². The van der Waals surface area contributed by atoms with Gasteiger partial charge < -0.3 is 5.32 Å². The Hall–Kier alpha value is -1.09. The van der Waals surface area contributed by atoms with Crippen LogP contribution in [0, 0.1) is 12.8 Å². The zero-order valence-corrected chi connectivity index (χ0v) is 12.3. The van der Waals surface area contributed by atoms with Crippen molar-refractivity contribution in [3.63, 3.8) is 0 Å². The largest absolute Gasteiger partial charge is 0.349 e. The van der Waals surface area contributed by atoms with Crippen molar-refractivity contribution < 1.29 is 4.79 Å². The number of nitrogens with zero attached hydrogens (tertiary/aromatic N) is 1. The Morgan fingerprint density at radius 2 is 2.11 bits per heavy atom. The monoisotopic (exact) mass is 280 g/mol. The van der Waals surface area contributed by atoms with E-state index in [1.54, 1.807) is 12.3 Å². The van der Waals surface area contributed by atoms with Gasteiger partial charge >= 0.3 is 0 Å². The normalized spacial score (nSPS) is 18.1. The SMILES string of the molecule is Cc1cc(Cl)c(C(=O)NC(C)C2CCCCC2)cn1. The average molecular weight is 281 g/mol. The lowest BCUT2D eigenvalue weighted by molar-refractivity contribution is 0.0919. The third-order valence-electron chi connectivity index (χ3n) is 3.95. The van der Waals surface area contributed by atoms with E-state index >= 15 is 0 Å². The first-order chi connectivity index (χ1) is 9.08. The van der Waals surface area contributed by atoms with E-state index in [4.69, 9.17) is 11.6 Å². The van der Waals surface area contributed by atoms with Gasteiger partial charge in [-0.05, 0) is 38.7 Å². The van der Waals surface area contributed by atoms with Crippen LogP contribution in [0.25, 0.3) is 0 Å². The fourth-order valence-electron chi connectivity index (χ4n) is 2.73. The summed E-state index contributed by atoms with van der Waals surface area (Å²) in [6.45, 7) is 3.95. The number of amides is 1. The van der Waals surface area contributed by atoms with Crippen LogP contribution >= 0.6 is 11.6 Å². The number of halogens is 1. The van der Waals surface area contributed by atoms with E-state index in [0.29, 0.717) is 16.5 Å². The van der Waals surface area contributed by atoms with Gasteiger partial charge in [0.15, 0.2) is 0 Å². The van der Waals surface area contributed by atoms with Crippen molar-refractivity contribution in [2.75, 3.05) is 0 Å². The molecule has 1 amide bonds. The Kier molecular flexibility index (Phi) is 4.81. The molecule has 3 nitrogen and oxygen atoms in total. The summed E-state index contributed by atoms with van der Waals surface area (Å²) >= 11 is 6.09. The van der Waals surface area contributed by atoms with E-state index in [1.165, 1.54) is 32.1 Å². The third-order valence-corrected chi connectivity index (χ3v) is 4.26. The van der Waals surface area contributed by atoms with Gasteiger partial charge in [0.05, 0.1) is 10.6 Å². The van der Waals surface area contributed by atoms with Gasteiger partial charge in [0, 0.05) is 17.9 Å². The van der Waals surface area contributed by atoms with Crippen LogP contribution in [0.5, 0.6) is 0 Å². The maximum Gasteiger partial charge on any atom is 0.254 e. The third kappa shape index (κ3) is 3.69. The average Bonchev–Trinajstić information content (AvgIpc) is 2.39. The van der Waals surface area contributed by atoms with E-state index in [-0.39, 0.29) is 11.9 Å². The highest BCUT2D eigenvalue weighted by Crippen LogP contribution is 2.26. The number of carbonyl (C=O) groups excluding carboxylic acids is 1. The number of nitrogens with one attached hydrogen (secondary N) is 1. The second-order valence-corrected chi connectivity index (χ2v) is 5.87. The molecule has 1 aliphatic carbocycles. The van der Waals surface area contributed by atoms with E-state index in [2.05, 4.69) is 17.2 Å². The van der Waals surface area contributed by atoms with Crippen molar-refractivity contribution >= 4 is 17.5 Å². The van der Waals surface area contributed by atoms with Crippen LogP contribution in [0.1, 0.15) is 55.1 Å². The van der Waals surface area contributed by atoms with E-state index in [9.17, 15) is 4.79 Å². The summed E-state index contributed by atoms with van der Waals surface area (Å²) in [7, 11) is 0. The van der Waals surface area contributed by atoms with Crippen LogP contribution in [0.3, 0.4) is 0 Å². The predicted octanol–water partition coefficient (Wildman–Crippen LogP) is 3.74. The van der Waals surface area contributed by atoms with Crippen molar-refractivity contribution in [1.82, 2.24) is 10.3 Å².